The van der Waals surface area contributed by atoms with Crippen molar-refractivity contribution in [1.29, 1.82) is 0 Å². The van der Waals surface area contributed by atoms with Crippen LogP contribution >= 0.6 is 0 Å². The van der Waals surface area contributed by atoms with E-state index in [9.17, 15) is 18.0 Å². The number of ether oxygens (including phenoxy) is 2. The van der Waals surface area contributed by atoms with E-state index in [1.807, 2.05) is 0 Å². The van der Waals surface area contributed by atoms with Gasteiger partial charge in [-0.25, -0.2) is 8.42 Å². The van der Waals surface area contributed by atoms with E-state index in [0.29, 0.717) is 0 Å². The average molecular weight is 320 g/mol. The Bertz CT molecular complexity index is 476. The van der Waals surface area contributed by atoms with Crippen LogP contribution < -0.4 is 0 Å². The van der Waals surface area contributed by atoms with E-state index in [4.69, 9.17) is 9.47 Å². The Labute approximate surface area is 126 Å². The molecule has 1 fully saturated rings. The van der Waals surface area contributed by atoms with Crippen molar-refractivity contribution in [3.05, 3.63) is 0 Å². The molecule has 6 nitrogen and oxygen atoms in total. The predicted molar refractivity (Wildman–Crippen MR) is 77.3 cm³/mol. The van der Waals surface area contributed by atoms with Crippen molar-refractivity contribution in [2.75, 3.05) is 24.7 Å². The van der Waals surface area contributed by atoms with Gasteiger partial charge in [0.15, 0.2) is 15.3 Å². The zero-order valence-corrected chi connectivity index (χ0v) is 13.9. The Morgan fingerprint density at radius 2 is 1.62 bits per heavy atom. The molecule has 1 aliphatic heterocycles. The number of hydrogen-bond donors (Lipinski definition) is 0. The zero-order chi connectivity index (χ0) is 16.3. The molecule has 1 rings (SSSR count). The van der Waals surface area contributed by atoms with E-state index >= 15 is 0 Å². The zero-order valence-electron chi connectivity index (χ0n) is 13.0. The Hall–Kier alpha value is -1.11. The molecule has 0 saturated carbocycles. The normalized spacial score (nSPS) is 21.3. The molecule has 1 atom stereocenters. The minimum Gasteiger partial charge on any atom is -0.465 e. The molecular weight excluding hydrogens is 296 g/mol. The molecule has 0 radical (unpaired) electrons. The highest BCUT2D eigenvalue weighted by Crippen LogP contribution is 2.44. The third kappa shape index (κ3) is 3.39. The Kier molecular flexibility index (Phi) is 5.78. The standard InChI is InChI=1S/C14H24O6S/c1-5-19-12(15)14(10(3)4,13(16)20-6-2)11-7-8-21(17,18)9-11/h10-11H,5-9H2,1-4H3. The maximum absolute atomic E-state index is 12.5. The summed E-state index contributed by atoms with van der Waals surface area (Å²) >= 11 is 0. The molecule has 0 aliphatic carbocycles. The van der Waals surface area contributed by atoms with Gasteiger partial charge in [0, 0.05) is 5.92 Å². The van der Waals surface area contributed by atoms with Gasteiger partial charge < -0.3 is 9.47 Å². The van der Waals surface area contributed by atoms with Crippen molar-refractivity contribution >= 4 is 21.8 Å². The maximum Gasteiger partial charge on any atom is 0.324 e. The van der Waals surface area contributed by atoms with E-state index < -0.39 is 39.0 Å². The fourth-order valence-electron chi connectivity index (χ4n) is 3.01. The number of sulfone groups is 1. The second-order valence-corrected chi connectivity index (χ2v) is 7.79. The van der Waals surface area contributed by atoms with Gasteiger partial charge in [0.1, 0.15) is 0 Å². The summed E-state index contributed by atoms with van der Waals surface area (Å²) in [6, 6.07) is 0. The fourth-order valence-corrected chi connectivity index (χ4v) is 4.87. The molecule has 0 aromatic heterocycles. The van der Waals surface area contributed by atoms with E-state index in [0.717, 1.165) is 0 Å². The van der Waals surface area contributed by atoms with Crippen molar-refractivity contribution in [3.63, 3.8) is 0 Å². The first-order valence-corrected chi connectivity index (χ1v) is 9.09. The van der Waals surface area contributed by atoms with Gasteiger partial charge >= 0.3 is 11.9 Å². The Balaban J connectivity index is 3.31. The molecule has 0 N–H and O–H groups in total. The first-order chi connectivity index (χ1) is 9.72. The summed E-state index contributed by atoms with van der Waals surface area (Å²) in [5.74, 6) is -2.55. The van der Waals surface area contributed by atoms with Gasteiger partial charge in [0.05, 0.1) is 24.7 Å². The van der Waals surface area contributed by atoms with Crippen LogP contribution in [0.25, 0.3) is 0 Å². The minimum absolute atomic E-state index is 0.00898. The number of rotatable bonds is 6. The molecule has 21 heavy (non-hydrogen) atoms. The van der Waals surface area contributed by atoms with Crippen LogP contribution in [0, 0.1) is 17.3 Å². The first kappa shape index (κ1) is 17.9. The molecule has 7 heteroatoms. The summed E-state index contributed by atoms with van der Waals surface area (Å²) in [6.45, 7) is 7.01. The van der Waals surface area contributed by atoms with Crippen molar-refractivity contribution in [2.45, 2.75) is 34.1 Å². The predicted octanol–water partition coefficient (Wildman–Crippen LogP) is 1.19. The van der Waals surface area contributed by atoms with E-state index in [1.54, 1.807) is 27.7 Å². The van der Waals surface area contributed by atoms with Crippen molar-refractivity contribution in [2.24, 2.45) is 17.3 Å². The van der Waals surface area contributed by atoms with Gasteiger partial charge in [-0.3, -0.25) is 9.59 Å². The molecule has 1 saturated heterocycles. The van der Waals surface area contributed by atoms with E-state index in [-0.39, 0.29) is 31.1 Å². The van der Waals surface area contributed by atoms with Crippen molar-refractivity contribution < 1.29 is 27.5 Å². The topological polar surface area (TPSA) is 86.7 Å². The molecule has 0 aromatic carbocycles. The lowest BCUT2D eigenvalue weighted by Gasteiger charge is -2.37. The number of carbonyl (C=O) groups is 2. The maximum atomic E-state index is 12.5. The molecule has 0 aromatic rings. The lowest BCUT2D eigenvalue weighted by Crippen LogP contribution is -2.52. The minimum atomic E-state index is -3.22. The number of hydrogen-bond acceptors (Lipinski definition) is 6. The largest absolute Gasteiger partial charge is 0.465 e. The van der Waals surface area contributed by atoms with E-state index in [2.05, 4.69) is 0 Å². The van der Waals surface area contributed by atoms with Crippen LogP contribution in [0.3, 0.4) is 0 Å². The summed E-state index contributed by atoms with van der Waals surface area (Å²) in [6.07, 6.45) is 0.276. The third-order valence-electron chi connectivity index (χ3n) is 4.01. The highest BCUT2D eigenvalue weighted by atomic mass is 32.2. The summed E-state index contributed by atoms with van der Waals surface area (Å²) in [5, 5.41) is 0. The smallest absolute Gasteiger partial charge is 0.324 e. The summed E-state index contributed by atoms with van der Waals surface area (Å²) in [5.41, 5.74) is -1.55. The lowest BCUT2D eigenvalue weighted by molar-refractivity contribution is -0.180. The van der Waals surface area contributed by atoms with Crippen molar-refractivity contribution in [1.82, 2.24) is 0 Å². The SMILES string of the molecule is CCOC(=O)C(C(=O)OCC)(C(C)C)C1CCS(=O)(=O)C1. The summed E-state index contributed by atoms with van der Waals surface area (Å²) in [7, 11) is -3.22. The van der Waals surface area contributed by atoms with Crippen LogP contribution in [0.5, 0.6) is 0 Å². The second kappa shape index (κ2) is 6.77. The van der Waals surface area contributed by atoms with Gasteiger partial charge in [0.2, 0.25) is 0 Å². The summed E-state index contributed by atoms with van der Waals surface area (Å²) < 4.78 is 33.7. The summed E-state index contributed by atoms with van der Waals surface area (Å²) in [4.78, 5) is 25.0. The molecule has 1 unspecified atom stereocenters. The first-order valence-electron chi connectivity index (χ1n) is 7.27. The van der Waals surface area contributed by atoms with Crippen LogP contribution in [-0.4, -0.2) is 45.1 Å². The quantitative estimate of drug-likeness (QED) is 0.540. The Morgan fingerprint density at radius 1 is 1.14 bits per heavy atom. The highest BCUT2D eigenvalue weighted by molar-refractivity contribution is 7.91. The van der Waals surface area contributed by atoms with Crippen LogP contribution in [0.15, 0.2) is 0 Å². The monoisotopic (exact) mass is 320 g/mol. The van der Waals surface area contributed by atoms with Gasteiger partial charge in [-0.05, 0) is 26.2 Å². The fraction of sp³-hybridized carbons (Fsp3) is 0.857. The van der Waals surface area contributed by atoms with Gasteiger partial charge in [-0.15, -0.1) is 0 Å². The average Bonchev–Trinajstić information content (AvgIpc) is 2.71. The Morgan fingerprint density at radius 3 is 1.90 bits per heavy atom. The molecular formula is C14H24O6S. The third-order valence-corrected chi connectivity index (χ3v) is 5.78. The lowest BCUT2D eigenvalue weighted by atomic mass is 9.67. The molecule has 0 amide bonds. The molecule has 122 valence electrons. The molecule has 0 spiro atoms. The number of esters is 2. The molecule has 1 heterocycles. The van der Waals surface area contributed by atoms with Crippen LogP contribution in [0.1, 0.15) is 34.1 Å². The van der Waals surface area contributed by atoms with Gasteiger partial charge in [-0.2, -0.15) is 0 Å². The van der Waals surface area contributed by atoms with Crippen molar-refractivity contribution in [3.8, 4) is 0 Å². The molecule has 0 bridgehead atoms. The van der Waals surface area contributed by atoms with Gasteiger partial charge in [-0.1, -0.05) is 13.8 Å². The highest BCUT2D eigenvalue weighted by Gasteiger charge is 2.59. The van der Waals surface area contributed by atoms with E-state index in [1.165, 1.54) is 0 Å². The number of carbonyl (C=O) groups excluding carboxylic acids is 2. The van der Waals surface area contributed by atoms with Gasteiger partial charge in [0.25, 0.3) is 0 Å². The molecule has 1 aliphatic rings. The van der Waals surface area contributed by atoms with Crippen LogP contribution in [0.4, 0.5) is 0 Å². The second-order valence-electron chi connectivity index (χ2n) is 5.56. The van der Waals surface area contributed by atoms with Crippen LogP contribution in [-0.2, 0) is 28.9 Å². The van der Waals surface area contributed by atoms with Crippen LogP contribution in [0.2, 0.25) is 0 Å².